The van der Waals surface area contributed by atoms with Gasteiger partial charge in [0.1, 0.15) is 17.4 Å². The van der Waals surface area contributed by atoms with Crippen LogP contribution in [-0.4, -0.2) is 96.5 Å². The second-order valence-corrected chi connectivity index (χ2v) is 17.8. The van der Waals surface area contributed by atoms with Gasteiger partial charge in [0.25, 0.3) is 0 Å². The average Bonchev–Trinajstić information content (AvgIpc) is 3.14. The van der Waals surface area contributed by atoms with Gasteiger partial charge in [-0.25, -0.2) is 13.2 Å². The maximum Gasteiger partial charge on any atom is 0.407 e. The number of ether oxygens (including phenoxy) is 2. The lowest BCUT2D eigenvalue weighted by Gasteiger charge is -2.42. The number of pyridine rings is 1. The van der Waals surface area contributed by atoms with E-state index in [9.17, 15) is 18.0 Å². The fraction of sp³-hybridized carbons (Fsp3) is 0.525. The lowest BCUT2D eigenvalue weighted by atomic mass is 9.90. The number of amides is 2. The molecule has 1 N–H and O–H groups in total. The zero-order valence-electron chi connectivity index (χ0n) is 31.0. The van der Waals surface area contributed by atoms with E-state index in [4.69, 9.17) is 26.1 Å². The number of piperazine rings is 1. The van der Waals surface area contributed by atoms with E-state index in [2.05, 4.69) is 10.2 Å². The molecule has 0 bridgehead atoms. The monoisotopic (exact) mass is 765 g/mol. The maximum atomic E-state index is 14.3. The van der Waals surface area contributed by atoms with Gasteiger partial charge >= 0.3 is 6.09 Å². The van der Waals surface area contributed by atoms with Crippen LogP contribution in [0.25, 0.3) is 11.1 Å². The number of carbonyl (C=O) groups is 2. The number of nitrogens with zero attached hydrogens (tertiary/aromatic N) is 4. The number of likely N-dealkylation sites (tertiary alicyclic amines) is 1. The molecule has 0 spiro atoms. The van der Waals surface area contributed by atoms with Gasteiger partial charge in [0.05, 0.1) is 17.2 Å². The number of alkyl carbamates (subject to hydrolysis) is 1. The van der Waals surface area contributed by atoms with E-state index in [1.54, 1.807) is 29.2 Å². The summed E-state index contributed by atoms with van der Waals surface area (Å²) in [5.41, 5.74) is 2.18. The van der Waals surface area contributed by atoms with Gasteiger partial charge in [-0.15, -0.1) is 0 Å². The molecule has 6 rings (SSSR count). The summed E-state index contributed by atoms with van der Waals surface area (Å²) >= 11 is 6.06. The highest BCUT2D eigenvalue weighted by Crippen LogP contribution is 2.29. The van der Waals surface area contributed by atoms with Crippen LogP contribution in [0.4, 0.5) is 4.79 Å². The largest absolute Gasteiger partial charge is 0.493 e. The van der Waals surface area contributed by atoms with E-state index in [0.717, 1.165) is 29.7 Å². The highest BCUT2D eigenvalue weighted by atomic mass is 35.5. The molecule has 53 heavy (non-hydrogen) atoms. The Kier molecular flexibility index (Phi) is 12.6. The number of piperidine rings is 1. The lowest BCUT2D eigenvalue weighted by molar-refractivity contribution is -0.138. The number of hydrogen-bond acceptors (Lipinski definition) is 8. The van der Waals surface area contributed by atoms with Crippen LogP contribution in [0.1, 0.15) is 71.4 Å². The third-order valence-electron chi connectivity index (χ3n) is 10.3. The van der Waals surface area contributed by atoms with Crippen molar-refractivity contribution in [3.8, 4) is 16.9 Å². The summed E-state index contributed by atoms with van der Waals surface area (Å²) in [6, 6.07) is 17.1. The first kappa shape index (κ1) is 39.0. The van der Waals surface area contributed by atoms with Gasteiger partial charge in [-0.1, -0.05) is 49.1 Å². The molecule has 286 valence electrons. The Morgan fingerprint density at radius 2 is 1.55 bits per heavy atom. The van der Waals surface area contributed by atoms with Crippen LogP contribution in [0.5, 0.6) is 5.75 Å². The molecule has 3 aromatic rings. The van der Waals surface area contributed by atoms with Crippen LogP contribution >= 0.6 is 11.6 Å². The van der Waals surface area contributed by atoms with Gasteiger partial charge in [-0.3, -0.25) is 14.7 Å². The zero-order valence-corrected chi connectivity index (χ0v) is 32.6. The quantitative estimate of drug-likeness (QED) is 0.241. The summed E-state index contributed by atoms with van der Waals surface area (Å²) in [5, 5.41) is 3.58. The highest BCUT2D eigenvalue weighted by Gasteiger charge is 2.42. The molecule has 2 aliphatic heterocycles. The van der Waals surface area contributed by atoms with Crippen molar-refractivity contribution in [3.05, 3.63) is 77.6 Å². The van der Waals surface area contributed by atoms with Gasteiger partial charge in [0.15, 0.2) is 0 Å². The summed E-state index contributed by atoms with van der Waals surface area (Å²) in [4.78, 5) is 35.3. The number of nitrogens with one attached hydrogen (secondary N) is 1. The Morgan fingerprint density at radius 1 is 0.868 bits per heavy atom. The molecule has 1 atom stereocenters. The van der Waals surface area contributed by atoms with E-state index < -0.39 is 27.8 Å². The molecular weight excluding hydrogens is 714 g/mol. The van der Waals surface area contributed by atoms with E-state index in [-0.39, 0.29) is 29.9 Å². The summed E-state index contributed by atoms with van der Waals surface area (Å²) in [7, 11) is -4.02. The molecule has 0 radical (unpaired) electrons. The van der Waals surface area contributed by atoms with E-state index in [1.807, 2.05) is 63.4 Å². The van der Waals surface area contributed by atoms with Gasteiger partial charge in [0, 0.05) is 62.1 Å². The molecule has 1 aliphatic carbocycles. The predicted molar refractivity (Wildman–Crippen MR) is 205 cm³/mol. The maximum absolute atomic E-state index is 14.3. The van der Waals surface area contributed by atoms with Gasteiger partial charge < -0.3 is 19.7 Å². The molecule has 3 aliphatic rings. The molecule has 3 fully saturated rings. The van der Waals surface area contributed by atoms with Crippen LogP contribution in [0, 0.1) is 5.92 Å². The third-order valence-corrected chi connectivity index (χ3v) is 12.4. The van der Waals surface area contributed by atoms with Crippen LogP contribution in [0.15, 0.2) is 71.8 Å². The van der Waals surface area contributed by atoms with Crippen molar-refractivity contribution in [3.63, 3.8) is 0 Å². The van der Waals surface area contributed by atoms with Crippen LogP contribution in [-0.2, 0) is 26.1 Å². The molecule has 1 aromatic heterocycles. The predicted octanol–water partition coefficient (Wildman–Crippen LogP) is 6.75. The molecular formula is C40H52ClN5O6S. The number of sulfonamides is 1. The first-order chi connectivity index (χ1) is 25.3. The third kappa shape index (κ3) is 10.5. The molecule has 11 nitrogen and oxygen atoms in total. The summed E-state index contributed by atoms with van der Waals surface area (Å²) in [5.74, 6) is 0.932. The summed E-state index contributed by atoms with van der Waals surface area (Å²) < 4.78 is 41.3. The Labute approximate surface area is 319 Å². The Bertz CT molecular complexity index is 1790. The minimum atomic E-state index is -4.02. The van der Waals surface area contributed by atoms with Crippen LogP contribution < -0.4 is 10.1 Å². The Balaban J connectivity index is 1.15. The molecule has 1 saturated carbocycles. The molecule has 2 aromatic carbocycles. The van der Waals surface area contributed by atoms with Gasteiger partial charge in [-0.05, 0) is 100 Å². The first-order valence-corrected chi connectivity index (χ1v) is 20.6. The zero-order chi connectivity index (χ0) is 37.6. The summed E-state index contributed by atoms with van der Waals surface area (Å²) in [6.45, 7) is 8.13. The second-order valence-electron chi connectivity index (χ2n) is 15.4. The molecule has 2 saturated heterocycles. The molecule has 0 unspecified atom stereocenters. The van der Waals surface area contributed by atoms with Crippen molar-refractivity contribution >= 4 is 33.6 Å². The lowest BCUT2D eigenvalue weighted by Crippen LogP contribution is -2.61. The van der Waals surface area contributed by atoms with Crippen LogP contribution in [0.2, 0.25) is 5.02 Å². The van der Waals surface area contributed by atoms with Gasteiger partial charge in [0.2, 0.25) is 15.9 Å². The van der Waals surface area contributed by atoms with Crippen molar-refractivity contribution in [1.29, 1.82) is 0 Å². The van der Waals surface area contributed by atoms with E-state index in [0.29, 0.717) is 62.3 Å². The van der Waals surface area contributed by atoms with Gasteiger partial charge in [-0.2, -0.15) is 4.31 Å². The number of hydrogen-bond donors (Lipinski definition) is 1. The van der Waals surface area contributed by atoms with Crippen molar-refractivity contribution in [2.75, 3.05) is 39.3 Å². The number of benzene rings is 2. The van der Waals surface area contributed by atoms with E-state index >= 15 is 0 Å². The van der Waals surface area contributed by atoms with Crippen molar-refractivity contribution < 1.29 is 27.5 Å². The fourth-order valence-corrected chi connectivity index (χ4v) is 9.05. The van der Waals surface area contributed by atoms with Crippen LogP contribution in [0.3, 0.4) is 0 Å². The Hall–Kier alpha value is -3.71. The minimum Gasteiger partial charge on any atom is -0.493 e. The summed E-state index contributed by atoms with van der Waals surface area (Å²) in [6.07, 6.45) is 8.48. The molecule has 2 amide bonds. The van der Waals surface area contributed by atoms with Crippen molar-refractivity contribution in [2.45, 2.75) is 94.8 Å². The highest BCUT2D eigenvalue weighted by molar-refractivity contribution is 7.89. The second kappa shape index (κ2) is 17.2. The number of carbonyl (C=O) groups excluding carboxylic acids is 2. The fourth-order valence-electron chi connectivity index (χ4n) is 7.36. The minimum absolute atomic E-state index is 0.133. The topological polar surface area (TPSA) is 121 Å². The normalized spacial score (nSPS) is 19.8. The molecule has 13 heteroatoms. The number of rotatable bonds is 10. The SMILES string of the molecule is CC(C)(C)OC(=O)NC1CCN(C(=O)[C@@H]2CN(Cc3ccc(-c4ccc(Cl)cc4)cn3)CCN2S(=O)(=O)c2ccc(OCC3CCCCC3)cc2)CC1. The Morgan fingerprint density at radius 3 is 2.19 bits per heavy atom. The molecule has 3 heterocycles. The number of halogens is 1. The smallest absolute Gasteiger partial charge is 0.407 e. The standard InChI is InChI=1S/C40H52ClN5O6S/c1-40(2,3)52-39(48)43-33-19-21-45(22-20-33)38(47)37-27-44(26-34-14-11-31(25-42-34)30-9-12-32(41)13-10-30)23-24-46(37)53(49,50)36-17-15-35(16-18-36)51-28-29-7-5-4-6-8-29/h9-18,25,29,33,37H,4-8,19-24,26-28H2,1-3H3,(H,43,48)/t37-/m0/s1. The first-order valence-electron chi connectivity index (χ1n) is 18.8. The number of aromatic nitrogens is 1. The van der Waals surface area contributed by atoms with Crippen molar-refractivity contribution in [2.24, 2.45) is 5.92 Å². The van der Waals surface area contributed by atoms with E-state index in [1.165, 1.54) is 23.6 Å². The van der Waals surface area contributed by atoms with Crippen molar-refractivity contribution in [1.82, 2.24) is 24.4 Å². The average molecular weight is 766 g/mol.